The highest BCUT2D eigenvalue weighted by molar-refractivity contribution is 5.89. The lowest BCUT2D eigenvalue weighted by atomic mass is 10.0. The van der Waals surface area contributed by atoms with Crippen molar-refractivity contribution in [3.05, 3.63) is 65.9 Å². The molecule has 0 aliphatic heterocycles. The standard InChI is InChI=1S/C20H21N3O4/c21-16(9-13-11-22-17-7-6-14(24)10-15(13)17)19(25)23-18(20(26)27)8-12-4-2-1-3-5-12/h1-7,10-11,16,18,22,24H,8-9,21H2,(H,23,25)(H,26,27). The molecule has 7 heteroatoms. The number of aromatic hydroxyl groups is 1. The maximum Gasteiger partial charge on any atom is 0.326 e. The average molecular weight is 367 g/mol. The van der Waals surface area contributed by atoms with Gasteiger partial charge in [0.25, 0.3) is 0 Å². The summed E-state index contributed by atoms with van der Waals surface area (Å²) in [4.78, 5) is 27.0. The predicted octanol–water partition coefficient (Wildman–Crippen LogP) is 1.56. The molecule has 3 rings (SSSR count). The highest BCUT2D eigenvalue weighted by atomic mass is 16.4. The largest absolute Gasteiger partial charge is 0.508 e. The molecular formula is C20H21N3O4. The number of rotatable bonds is 7. The van der Waals surface area contributed by atoms with E-state index in [1.165, 1.54) is 0 Å². The fraction of sp³-hybridized carbons (Fsp3) is 0.200. The summed E-state index contributed by atoms with van der Waals surface area (Å²) in [5.41, 5.74) is 8.41. The number of hydrogen-bond acceptors (Lipinski definition) is 4. The van der Waals surface area contributed by atoms with Crippen LogP contribution < -0.4 is 11.1 Å². The number of H-pyrrole nitrogens is 1. The van der Waals surface area contributed by atoms with Crippen LogP contribution in [0.15, 0.2) is 54.7 Å². The molecule has 0 saturated carbocycles. The van der Waals surface area contributed by atoms with Crippen LogP contribution in [-0.4, -0.2) is 39.2 Å². The van der Waals surface area contributed by atoms with Crippen molar-refractivity contribution in [1.29, 1.82) is 0 Å². The number of phenols is 1. The first-order valence-corrected chi connectivity index (χ1v) is 8.55. The molecule has 0 aliphatic carbocycles. The maximum absolute atomic E-state index is 12.4. The molecule has 2 aromatic carbocycles. The number of amides is 1. The molecule has 3 aromatic rings. The number of aliphatic carboxylic acids is 1. The number of benzene rings is 2. The van der Waals surface area contributed by atoms with Crippen molar-refractivity contribution in [3.8, 4) is 5.75 Å². The first-order valence-electron chi connectivity index (χ1n) is 8.55. The van der Waals surface area contributed by atoms with Gasteiger partial charge in [0.15, 0.2) is 0 Å². The first kappa shape index (κ1) is 18.5. The van der Waals surface area contributed by atoms with E-state index in [2.05, 4.69) is 10.3 Å². The summed E-state index contributed by atoms with van der Waals surface area (Å²) in [6.45, 7) is 0. The fourth-order valence-corrected chi connectivity index (χ4v) is 2.99. The monoisotopic (exact) mass is 367 g/mol. The van der Waals surface area contributed by atoms with E-state index >= 15 is 0 Å². The number of fused-ring (bicyclic) bond motifs is 1. The van der Waals surface area contributed by atoms with Crippen LogP contribution in [0.2, 0.25) is 0 Å². The van der Waals surface area contributed by atoms with Crippen molar-refractivity contribution >= 4 is 22.8 Å². The number of nitrogens with one attached hydrogen (secondary N) is 2. The predicted molar refractivity (Wildman–Crippen MR) is 101 cm³/mol. The van der Waals surface area contributed by atoms with Gasteiger partial charge >= 0.3 is 5.97 Å². The van der Waals surface area contributed by atoms with E-state index in [-0.39, 0.29) is 18.6 Å². The molecule has 1 heterocycles. The summed E-state index contributed by atoms with van der Waals surface area (Å²) in [5, 5.41) is 22.3. The number of aromatic amines is 1. The van der Waals surface area contributed by atoms with E-state index < -0.39 is 24.0 Å². The molecule has 6 N–H and O–H groups in total. The highest BCUT2D eigenvalue weighted by Crippen LogP contribution is 2.23. The summed E-state index contributed by atoms with van der Waals surface area (Å²) >= 11 is 0. The Kier molecular flexibility index (Phi) is 5.42. The van der Waals surface area contributed by atoms with Crippen LogP contribution in [0.1, 0.15) is 11.1 Å². The Hall–Kier alpha value is -3.32. The third kappa shape index (κ3) is 4.45. The molecule has 0 bridgehead atoms. The zero-order valence-electron chi connectivity index (χ0n) is 14.6. The van der Waals surface area contributed by atoms with Gasteiger partial charge in [0.05, 0.1) is 6.04 Å². The van der Waals surface area contributed by atoms with E-state index in [1.807, 2.05) is 18.2 Å². The van der Waals surface area contributed by atoms with Gasteiger partial charge in [0.1, 0.15) is 11.8 Å². The normalized spacial score (nSPS) is 13.2. The summed E-state index contributed by atoms with van der Waals surface area (Å²) in [5.74, 6) is -1.53. The van der Waals surface area contributed by atoms with Crippen molar-refractivity contribution in [2.45, 2.75) is 24.9 Å². The van der Waals surface area contributed by atoms with Crippen LogP contribution in [-0.2, 0) is 22.4 Å². The smallest absolute Gasteiger partial charge is 0.326 e. The topological polar surface area (TPSA) is 128 Å². The fourth-order valence-electron chi connectivity index (χ4n) is 2.99. The molecule has 27 heavy (non-hydrogen) atoms. The van der Waals surface area contributed by atoms with Crippen molar-refractivity contribution in [3.63, 3.8) is 0 Å². The first-order chi connectivity index (χ1) is 12.9. The van der Waals surface area contributed by atoms with E-state index in [0.717, 1.165) is 22.0 Å². The van der Waals surface area contributed by atoms with Gasteiger partial charge in [-0.05, 0) is 35.7 Å². The number of aromatic nitrogens is 1. The van der Waals surface area contributed by atoms with Crippen molar-refractivity contribution in [1.82, 2.24) is 10.3 Å². The Morgan fingerprint density at radius 2 is 1.85 bits per heavy atom. The van der Waals surface area contributed by atoms with E-state index in [0.29, 0.717) is 0 Å². The number of hydrogen-bond donors (Lipinski definition) is 5. The second-order valence-electron chi connectivity index (χ2n) is 6.44. The molecule has 0 spiro atoms. The summed E-state index contributed by atoms with van der Waals surface area (Å²) in [7, 11) is 0. The number of carboxylic acid groups (broad SMARTS) is 1. The lowest BCUT2D eigenvalue weighted by Crippen LogP contribution is -2.50. The van der Waals surface area contributed by atoms with Gasteiger partial charge in [0, 0.05) is 23.5 Å². The number of carboxylic acids is 1. The average Bonchev–Trinajstić information content (AvgIpc) is 3.03. The van der Waals surface area contributed by atoms with Crippen LogP contribution >= 0.6 is 0 Å². The molecule has 140 valence electrons. The second kappa shape index (κ2) is 7.92. The van der Waals surface area contributed by atoms with Crippen LogP contribution in [0, 0.1) is 0 Å². The lowest BCUT2D eigenvalue weighted by Gasteiger charge is -2.18. The van der Waals surface area contributed by atoms with Gasteiger partial charge in [-0.25, -0.2) is 4.79 Å². The molecular weight excluding hydrogens is 346 g/mol. The minimum absolute atomic E-state index is 0.121. The number of nitrogens with two attached hydrogens (primary N) is 1. The van der Waals surface area contributed by atoms with Gasteiger partial charge in [-0.1, -0.05) is 30.3 Å². The van der Waals surface area contributed by atoms with Gasteiger partial charge in [-0.15, -0.1) is 0 Å². The summed E-state index contributed by atoms with van der Waals surface area (Å²) in [6.07, 6.45) is 2.12. The number of phenolic OH excluding ortho intramolecular Hbond substituents is 1. The van der Waals surface area contributed by atoms with E-state index in [9.17, 15) is 19.8 Å². The van der Waals surface area contributed by atoms with Crippen LogP contribution in [0.5, 0.6) is 5.75 Å². The minimum atomic E-state index is -1.11. The summed E-state index contributed by atoms with van der Waals surface area (Å²) in [6, 6.07) is 12.0. The molecule has 0 aliphatic rings. The van der Waals surface area contributed by atoms with E-state index in [1.54, 1.807) is 36.5 Å². The van der Waals surface area contributed by atoms with Gasteiger partial charge in [0.2, 0.25) is 5.91 Å². The molecule has 7 nitrogen and oxygen atoms in total. The van der Waals surface area contributed by atoms with Gasteiger partial charge in [-0.2, -0.15) is 0 Å². The highest BCUT2D eigenvalue weighted by Gasteiger charge is 2.24. The SMILES string of the molecule is NC(Cc1c[nH]c2ccc(O)cc12)C(=O)NC(Cc1ccccc1)C(=O)O. The Balaban J connectivity index is 1.68. The lowest BCUT2D eigenvalue weighted by molar-refractivity contribution is -0.141. The van der Waals surface area contributed by atoms with Crippen molar-refractivity contribution < 1.29 is 19.8 Å². The second-order valence-corrected chi connectivity index (χ2v) is 6.44. The molecule has 2 atom stereocenters. The third-order valence-corrected chi connectivity index (χ3v) is 4.42. The third-order valence-electron chi connectivity index (χ3n) is 4.42. The molecule has 0 fully saturated rings. The maximum atomic E-state index is 12.4. The van der Waals surface area contributed by atoms with Crippen LogP contribution in [0.25, 0.3) is 10.9 Å². The van der Waals surface area contributed by atoms with Crippen molar-refractivity contribution in [2.75, 3.05) is 0 Å². The number of carbonyl (C=O) groups is 2. The Bertz CT molecular complexity index is 952. The van der Waals surface area contributed by atoms with Crippen LogP contribution in [0.3, 0.4) is 0 Å². The van der Waals surface area contributed by atoms with Crippen LogP contribution in [0.4, 0.5) is 0 Å². The molecule has 1 amide bonds. The summed E-state index contributed by atoms with van der Waals surface area (Å²) < 4.78 is 0. The minimum Gasteiger partial charge on any atom is -0.508 e. The molecule has 2 unspecified atom stereocenters. The van der Waals surface area contributed by atoms with Gasteiger partial charge in [-0.3, -0.25) is 4.79 Å². The van der Waals surface area contributed by atoms with Gasteiger partial charge < -0.3 is 26.2 Å². The van der Waals surface area contributed by atoms with Crippen molar-refractivity contribution in [2.24, 2.45) is 5.73 Å². The number of carbonyl (C=O) groups excluding carboxylic acids is 1. The zero-order chi connectivity index (χ0) is 19.4. The molecule has 0 saturated heterocycles. The zero-order valence-corrected chi connectivity index (χ0v) is 14.6. The quantitative estimate of drug-likeness (QED) is 0.433. The molecule has 1 aromatic heterocycles. The Labute approximate surface area is 155 Å². The Morgan fingerprint density at radius 1 is 1.11 bits per heavy atom. The molecule has 0 radical (unpaired) electrons. The Morgan fingerprint density at radius 3 is 2.56 bits per heavy atom. The van der Waals surface area contributed by atoms with E-state index in [4.69, 9.17) is 5.73 Å².